The van der Waals surface area contributed by atoms with Crippen LogP contribution in [0.3, 0.4) is 0 Å². The minimum Gasteiger partial charge on any atom is -0.465 e. The molecule has 0 unspecified atom stereocenters. The molecule has 7 heteroatoms. The third-order valence-electron chi connectivity index (χ3n) is 5.50. The molecule has 0 spiro atoms. The highest BCUT2D eigenvalue weighted by Gasteiger charge is 2.36. The second kappa shape index (κ2) is 6.88. The predicted molar refractivity (Wildman–Crippen MR) is 108 cm³/mol. The fourth-order valence-electron chi connectivity index (χ4n) is 3.73. The van der Waals surface area contributed by atoms with Gasteiger partial charge >= 0.3 is 5.97 Å². The standard InChI is InChI=1S/C21H22N4O2S/c1-12-15-5-3-4-6-16(15)22-17(18(12)20(26)27-2)11-28-21-24-23-19(13-7-8-13)25(21)14-9-10-14/h3-6,13-14H,7-11H2,1-2H3. The summed E-state index contributed by atoms with van der Waals surface area (Å²) < 4.78 is 7.38. The van der Waals surface area contributed by atoms with Crippen LogP contribution in [0.25, 0.3) is 10.9 Å². The lowest BCUT2D eigenvalue weighted by Gasteiger charge is -2.13. The van der Waals surface area contributed by atoms with E-state index >= 15 is 0 Å². The van der Waals surface area contributed by atoms with Gasteiger partial charge < -0.3 is 9.30 Å². The van der Waals surface area contributed by atoms with Gasteiger partial charge in [0.2, 0.25) is 0 Å². The first-order valence-electron chi connectivity index (χ1n) is 9.71. The average molecular weight is 395 g/mol. The fourth-order valence-corrected chi connectivity index (χ4v) is 4.69. The van der Waals surface area contributed by atoms with Crippen molar-refractivity contribution in [3.63, 3.8) is 0 Å². The summed E-state index contributed by atoms with van der Waals surface area (Å²) in [4.78, 5) is 17.3. The van der Waals surface area contributed by atoms with Crippen LogP contribution in [0.1, 0.15) is 65.1 Å². The first-order chi connectivity index (χ1) is 13.7. The Morgan fingerprint density at radius 2 is 2.00 bits per heavy atom. The van der Waals surface area contributed by atoms with Gasteiger partial charge in [-0.3, -0.25) is 4.98 Å². The maximum atomic E-state index is 12.5. The van der Waals surface area contributed by atoms with Crippen LogP contribution in [0.2, 0.25) is 0 Å². The number of rotatable bonds is 6. The topological polar surface area (TPSA) is 69.9 Å². The number of carbonyl (C=O) groups excluding carboxylic acids is 1. The molecule has 0 radical (unpaired) electrons. The zero-order valence-electron chi connectivity index (χ0n) is 16.0. The van der Waals surface area contributed by atoms with Crippen LogP contribution in [0.5, 0.6) is 0 Å². The maximum absolute atomic E-state index is 12.5. The molecule has 6 nitrogen and oxygen atoms in total. The van der Waals surface area contributed by atoms with Gasteiger partial charge in [-0.15, -0.1) is 10.2 Å². The molecular weight excluding hydrogens is 372 g/mol. The van der Waals surface area contributed by atoms with Crippen LogP contribution in [0, 0.1) is 6.92 Å². The van der Waals surface area contributed by atoms with E-state index in [1.807, 2.05) is 31.2 Å². The first-order valence-corrected chi connectivity index (χ1v) is 10.7. The minimum absolute atomic E-state index is 0.339. The summed E-state index contributed by atoms with van der Waals surface area (Å²) in [6, 6.07) is 8.45. The molecule has 144 valence electrons. The Bertz CT molecular complexity index is 1070. The van der Waals surface area contributed by atoms with E-state index in [4.69, 9.17) is 9.72 Å². The quantitative estimate of drug-likeness (QED) is 0.455. The SMILES string of the molecule is COC(=O)c1c(CSc2nnc(C3CC3)n2C2CC2)nc2ccccc2c1C. The van der Waals surface area contributed by atoms with Crippen LogP contribution < -0.4 is 0 Å². The van der Waals surface area contributed by atoms with Gasteiger partial charge in [0.05, 0.1) is 23.9 Å². The third-order valence-corrected chi connectivity index (χ3v) is 6.45. The van der Waals surface area contributed by atoms with Crippen LogP contribution in [-0.4, -0.2) is 32.8 Å². The second-order valence-corrected chi connectivity index (χ2v) is 8.51. The van der Waals surface area contributed by atoms with E-state index in [-0.39, 0.29) is 5.97 Å². The molecular formula is C21H22N4O2S. The Morgan fingerprint density at radius 3 is 2.71 bits per heavy atom. The lowest BCUT2D eigenvalue weighted by Crippen LogP contribution is -2.11. The molecule has 0 atom stereocenters. The molecule has 0 bridgehead atoms. The van der Waals surface area contributed by atoms with Crippen molar-refractivity contribution in [2.75, 3.05) is 7.11 Å². The number of fused-ring (bicyclic) bond motifs is 1. The number of benzene rings is 1. The number of para-hydroxylation sites is 1. The van der Waals surface area contributed by atoms with Gasteiger partial charge in [-0.25, -0.2) is 4.79 Å². The maximum Gasteiger partial charge on any atom is 0.340 e. The number of pyridine rings is 1. The van der Waals surface area contributed by atoms with E-state index in [2.05, 4.69) is 14.8 Å². The van der Waals surface area contributed by atoms with Gasteiger partial charge in [0.1, 0.15) is 5.82 Å². The van der Waals surface area contributed by atoms with Crippen molar-refractivity contribution in [1.29, 1.82) is 0 Å². The largest absolute Gasteiger partial charge is 0.465 e. The van der Waals surface area contributed by atoms with Crippen molar-refractivity contribution in [3.05, 3.63) is 46.9 Å². The summed E-state index contributed by atoms with van der Waals surface area (Å²) in [5.74, 6) is 1.94. The summed E-state index contributed by atoms with van der Waals surface area (Å²) in [6.07, 6.45) is 4.83. The molecule has 1 aromatic carbocycles. The van der Waals surface area contributed by atoms with Crippen molar-refractivity contribution < 1.29 is 9.53 Å². The number of hydrogen-bond acceptors (Lipinski definition) is 6. The molecule has 0 saturated heterocycles. The highest BCUT2D eigenvalue weighted by atomic mass is 32.2. The number of aryl methyl sites for hydroxylation is 1. The van der Waals surface area contributed by atoms with Crippen LogP contribution in [-0.2, 0) is 10.5 Å². The monoisotopic (exact) mass is 394 g/mol. The van der Waals surface area contributed by atoms with E-state index in [9.17, 15) is 4.79 Å². The Balaban J connectivity index is 1.51. The van der Waals surface area contributed by atoms with Gasteiger partial charge in [-0.2, -0.15) is 0 Å². The van der Waals surface area contributed by atoms with E-state index in [0.29, 0.717) is 23.3 Å². The molecule has 2 saturated carbocycles. The number of thioether (sulfide) groups is 1. The average Bonchev–Trinajstić information content (AvgIpc) is 3.64. The predicted octanol–water partition coefficient (Wildman–Crippen LogP) is 4.43. The Kier molecular flexibility index (Phi) is 4.34. The molecule has 2 fully saturated rings. The number of carbonyl (C=O) groups is 1. The zero-order chi connectivity index (χ0) is 19.3. The lowest BCUT2D eigenvalue weighted by molar-refractivity contribution is 0.0598. The molecule has 3 aromatic rings. The lowest BCUT2D eigenvalue weighted by atomic mass is 10.0. The summed E-state index contributed by atoms with van der Waals surface area (Å²) in [5.41, 5.74) is 3.11. The van der Waals surface area contributed by atoms with Gasteiger partial charge in [0.25, 0.3) is 0 Å². The van der Waals surface area contributed by atoms with E-state index < -0.39 is 0 Å². The number of aromatic nitrogens is 4. The molecule has 0 aliphatic heterocycles. The molecule has 28 heavy (non-hydrogen) atoms. The van der Waals surface area contributed by atoms with Gasteiger partial charge in [0, 0.05) is 23.1 Å². The highest BCUT2D eigenvalue weighted by molar-refractivity contribution is 7.98. The van der Waals surface area contributed by atoms with Crippen LogP contribution >= 0.6 is 11.8 Å². The zero-order valence-corrected chi connectivity index (χ0v) is 16.8. The number of esters is 1. The number of ether oxygens (including phenoxy) is 1. The summed E-state index contributed by atoms with van der Waals surface area (Å²) >= 11 is 1.61. The minimum atomic E-state index is -0.339. The van der Waals surface area contributed by atoms with E-state index in [1.54, 1.807) is 11.8 Å². The van der Waals surface area contributed by atoms with Gasteiger partial charge in [0.15, 0.2) is 5.16 Å². The van der Waals surface area contributed by atoms with Crippen molar-refractivity contribution in [2.45, 2.75) is 55.5 Å². The van der Waals surface area contributed by atoms with E-state index in [0.717, 1.165) is 33.1 Å². The Morgan fingerprint density at radius 1 is 1.21 bits per heavy atom. The molecule has 5 rings (SSSR count). The first kappa shape index (κ1) is 17.7. The van der Waals surface area contributed by atoms with Crippen molar-refractivity contribution >= 4 is 28.6 Å². The third kappa shape index (κ3) is 3.07. The highest BCUT2D eigenvalue weighted by Crippen LogP contribution is 2.46. The number of hydrogen-bond donors (Lipinski definition) is 0. The normalized spacial score (nSPS) is 16.5. The summed E-state index contributed by atoms with van der Waals surface area (Å²) in [7, 11) is 1.42. The van der Waals surface area contributed by atoms with E-state index in [1.165, 1.54) is 32.8 Å². The fraction of sp³-hybridized carbons (Fsp3) is 0.429. The Labute approximate surface area is 167 Å². The second-order valence-electron chi connectivity index (χ2n) is 7.57. The molecule has 2 heterocycles. The number of methoxy groups -OCH3 is 1. The Hall–Kier alpha value is -2.41. The smallest absolute Gasteiger partial charge is 0.340 e. The molecule has 2 aromatic heterocycles. The van der Waals surface area contributed by atoms with Crippen molar-refractivity contribution in [1.82, 2.24) is 19.7 Å². The molecule has 2 aliphatic rings. The van der Waals surface area contributed by atoms with Crippen molar-refractivity contribution in [3.8, 4) is 0 Å². The molecule has 2 aliphatic carbocycles. The molecule has 0 amide bonds. The molecule has 0 N–H and O–H groups in total. The number of nitrogens with zero attached hydrogens (tertiary/aromatic N) is 4. The van der Waals surface area contributed by atoms with Crippen LogP contribution in [0.4, 0.5) is 0 Å². The van der Waals surface area contributed by atoms with Gasteiger partial charge in [-0.1, -0.05) is 30.0 Å². The van der Waals surface area contributed by atoms with Crippen LogP contribution in [0.15, 0.2) is 29.4 Å². The van der Waals surface area contributed by atoms with Gasteiger partial charge in [-0.05, 0) is 44.2 Å². The summed E-state index contributed by atoms with van der Waals surface area (Å²) in [6.45, 7) is 1.96. The van der Waals surface area contributed by atoms with Crippen molar-refractivity contribution in [2.24, 2.45) is 0 Å². The summed E-state index contributed by atoms with van der Waals surface area (Å²) in [5, 5.41) is 10.9.